The van der Waals surface area contributed by atoms with E-state index in [9.17, 15) is 14.4 Å². The summed E-state index contributed by atoms with van der Waals surface area (Å²) >= 11 is 0. The average Bonchev–Trinajstić information content (AvgIpc) is 2.61. The summed E-state index contributed by atoms with van der Waals surface area (Å²) < 4.78 is 1.47. The smallest absolute Gasteiger partial charge is 0.346 e. The Bertz CT molecular complexity index is 831. The van der Waals surface area contributed by atoms with Gasteiger partial charge in [-0.05, 0) is 29.7 Å². The molecule has 1 aromatic heterocycles. The van der Waals surface area contributed by atoms with Gasteiger partial charge in [-0.3, -0.25) is 14.2 Å². The lowest BCUT2D eigenvalue weighted by Crippen LogP contribution is -2.46. The minimum absolute atomic E-state index is 0.00868. The lowest BCUT2D eigenvalue weighted by molar-refractivity contribution is -0.125. The molecule has 0 fully saturated rings. The number of rotatable bonds is 7. The summed E-state index contributed by atoms with van der Waals surface area (Å²) in [6.07, 6.45) is 3.09. The molecule has 0 saturated carbocycles. The molecular weight excluding hydrogens is 334 g/mol. The number of nitrogens with zero attached hydrogens (tertiary/aromatic N) is 2. The van der Waals surface area contributed by atoms with E-state index in [4.69, 9.17) is 5.73 Å². The molecule has 0 unspecified atom stereocenters. The van der Waals surface area contributed by atoms with Crippen LogP contribution in [0.5, 0.6) is 0 Å². The van der Waals surface area contributed by atoms with Gasteiger partial charge < -0.3 is 16.4 Å². The number of carbonyl (C=O) groups is 2. The molecule has 0 aliphatic carbocycles. The molecule has 1 aromatic carbocycles. The molecule has 26 heavy (non-hydrogen) atoms. The Balaban J connectivity index is 1.94. The summed E-state index contributed by atoms with van der Waals surface area (Å²) in [5.74, 6) is -0.726. The van der Waals surface area contributed by atoms with E-state index in [-0.39, 0.29) is 30.0 Å². The van der Waals surface area contributed by atoms with Gasteiger partial charge in [-0.2, -0.15) is 0 Å². The topological polar surface area (TPSA) is 119 Å². The van der Waals surface area contributed by atoms with Crippen molar-refractivity contribution in [1.29, 1.82) is 0 Å². The fourth-order valence-corrected chi connectivity index (χ4v) is 2.24. The zero-order chi connectivity index (χ0) is 19.1. The molecule has 0 spiro atoms. The van der Waals surface area contributed by atoms with Crippen LogP contribution >= 0.6 is 0 Å². The summed E-state index contributed by atoms with van der Waals surface area (Å²) in [6, 6.07) is 8.15. The van der Waals surface area contributed by atoms with Crippen molar-refractivity contribution < 1.29 is 9.59 Å². The molecule has 0 aliphatic rings. The lowest BCUT2D eigenvalue weighted by atomic mass is 10.1. The second kappa shape index (κ2) is 8.91. The zero-order valence-corrected chi connectivity index (χ0v) is 14.8. The number of hydrogen-bond acceptors (Lipinski definition) is 5. The molecule has 0 bridgehead atoms. The number of nitrogens with one attached hydrogen (secondary N) is 2. The van der Waals surface area contributed by atoms with Gasteiger partial charge in [-0.15, -0.1) is 0 Å². The molecule has 0 saturated heterocycles. The molecule has 0 aliphatic heterocycles. The van der Waals surface area contributed by atoms with Gasteiger partial charge >= 0.3 is 5.69 Å². The van der Waals surface area contributed by atoms with E-state index in [1.54, 1.807) is 30.5 Å². The van der Waals surface area contributed by atoms with Crippen LogP contribution in [0.4, 0.5) is 5.69 Å². The minimum Gasteiger partial charge on any atom is -0.346 e. The van der Waals surface area contributed by atoms with E-state index in [0.717, 1.165) is 5.56 Å². The summed E-state index contributed by atoms with van der Waals surface area (Å²) in [5, 5.41) is 5.22. The van der Waals surface area contributed by atoms with E-state index in [0.29, 0.717) is 12.2 Å². The third-order valence-corrected chi connectivity index (χ3v) is 3.79. The molecule has 1 heterocycles. The maximum absolute atomic E-state index is 12.0. The van der Waals surface area contributed by atoms with Crippen LogP contribution in [-0.4, -0.2) is 34.0 Å². The van der Waals surface area contributed by atoms with Crippen LogP contribution in [0.3, 0.4) is 0 Å². The number of hydrogen-bond donors (Lipinski definition) is 3. The zero-order valence-electron chi connectivity index (χ0n) is 14.8. The standard InChI is InChI=1S/C18H23N5O3/c1-12(2)16(19)17(25)21-10-15(24)22-14-6-3-5-13(9-14)11-23-8-4-7-20-18(23)26/h3-9,12,16H,10-11,19H2,1-2H3,(H,21,25)(H,22,24)/t16-/m0/s1. The van der Waals surface area contributed by atoms with Gasteiger partial charge in [0.2, 0.25) is 11.8 Å². The molecule has 8 heteroatoms. The van der Waals surface area contributed by atoms with Crippen LogP contribution in [0.2, 0.25) is 0 Å². The summed E-state index contributed by atoms with van der Waals surface area (Å²) in [5.41, 5.74) is 6.80. The van der Waals surface area contributed by atoms with Crippen molar-refractivity contribution in [2.75, 3.05) is 11.9 Å². The highest BCUT2D eigenvalue weighted by molar-refractivity contribution is 5.95. The van der Waals surface area contributed by atoms with Crippen LogP contribution < -0.4 is 22.1 Å². The fourth-order valence-electron chi connectivity index (χ4n) is 2.24. The van der Waals surface area contributed by atoms with Crippen LogP contribution in [-0.2, 0) is 16.1 Å². The second-order valence-corrected chi connectivity index (χ2v) is 6.27. The molecule has 2 aromatic rings. The Morgan fingerprint density at radius 2 is 2.04 bits per heavy atom. The highest BCUT2D eigenvalue weighted by atomic mass is 16.2. The van der Waals surface area contributed by atoms with E-state index in [1.807, 2.05) is 19.9 Å². The van der Waals surface area contributed by atoms with Gasteiger partial charge in [-0.25, -0.2) is 9.78 Å². The van der Waals surface area contributed by atoms with Crippen LogP contribution in [0.15, 0.2) is 47.5 Å². The Kier molecular flexibility index (Phi) is 6.62. The van der Waals surface area contributed by atoms with Crippen molar-refractivity contribution >= 4 is 17.5 Å². The number of amides is 2. The Morgan fingerprint density at radius 3 is 2.73 bits per heavy atom. The Labute approximate surface area is 151 Å². The first-order valence-electron chi connectivity index (χ1n) is 8.30. The van der Waals surface area contributed by atoms with E-state index in [1.165, 1.54) is 10.8 Å². The minimum atomic E-state index is -0.649. The summed E-state index contributed by atoms with van der Waals surface area (Å²) in [6.45, 7) is 3.86. The largest absolute Gasteiger partial charge is 0.347 e. The monoisotopic (exact) mass is 357 g/mol. The number of nitrogens with two attached hydrogens (primary N) is 1. The van der Waals surface area contributed by atoms with Gasteiger partial charge in [0.05, 0.1) is 19.1 Å². The molecule has 2 amide bonds. The van der Waals surface area contributed by atoms with Gasteiger partial charge in [0.25, 0.3) is 0 Å². The normalized spacial score (nSPS) is 11.8. The number of benzene rings is 1. The molecule has 138 valence electrons. The summed E-state index contributed by atoms with van der Waals surface area (Å²) in [4.78, 5) is 39.1. The number of anilines is 1. The van der Waals surface area contributed by atoms with Crippen LogP contribution in [0, 0.1) is 5.92 Å². The van der Waals surface area contributed by atoms with Gasteiger partial charge in [0.15, 0.2) is 0 Å². The number of carbonyl (C=O) groups excluding carboxylic acids is 2. The highest BCUT2D eigenvalue weighted by Crippen LogP contribution is 2.11. The van der Waals surface area contributed by atoms with Crippen molar-refractivity contribution in [2.24, 2.45) is 11.7 Å². The molecule has 8 nitrogen and oxygen atoms in total. The Hall–Kier alpha value is -3.00. The lowest BCUT2D eigenvalue weighted by Gasteiger charge is -2.15. The van der Waals surface area contributed by atoms with E-state index < -0.39 is 6.04 Å². The third kappa shape index (κ3) is 5.52. The van der Waals surface area contributed by atoms with Crippen molar-refractivity contribution in [2.45, 2.75) is 26.4 Å². The van der Waals surface area contributed by atoms with Crippen molar-refractivity contribution in [1.82, 2.24) is 14.9 Å². The van der Waals surface area contributed by atoms with E-state index in [2.05, 4.69) is 15.6 Å². The van der Waals surface area contributed by atoms with Crippen LogP contribution in [0.25, 0.3) is 0 Å². The molecule has 4 N–H and O–H groups in total. The van der Waals surface area contributed by atoms with Crippen LogP contribution in [0.1, 0.15) is 19.4 Å². The highest BCUT2D eigenvalue weighted by Gasteiger charge is 2.17. The van der Waals surface area contributed by atoms with Gasteiger partial charge in [-0.1, -0.05) is 26.0 Å². The average molecular weight is 357 g/mol. The van der Waals surface area contributed by atoms with Gasteiger partial charge in [0, 0.05) is 18.1 Å². The van der Waals surface area contributed by atoms with Crippen molar-refractivity contribution in [3.63, 3.8) is 0 Å². The van der Waals surface area contributed by atoms with Crippen molar-refractivity contribution in [3.8, 4) is 0 Å². The summed E-state index contributed by atoms with van der Waals surface area (Å²) in [7, 11) is 0. The predicted octanol–water partition coefficient (Wildman–Crippen LogP) is 0.330. The predicted molar refractivity (Wildman–Crippen MR) is 98.5 cm³/mol. The van der Waals surface area contributed by atoms with Gasteiger partial charge in [0.1, 0.15) is 0 Å². The molecule has 2 rings (SSSR count). The van der Waals surface area contributed by atoms with Crippen molar-refractivity contribution in [3.05, 3.63) is 58.8 Å². The second-order valence-electron chi connectivity index (χ2n) is 6.27. The SMILES string of the molecule is CC(C)[C@H](N)C(=O)NCC(=O)Nc1cccc(Cn2cccnc2=O)c1. The molecular formula is C18H23N5O3. The first-order valence-corrected chi connectivity index (χ1v) is 8.30. The quantitative estimate of drug-likeness (QED) is 0.660. The first kappa shape index (κ1) is 19.3. The fraction of sp³-hybridized carbons (Fsp3) is 0.333. The van der Waals surface area contributed by atoms with E-state index >= 15 is 0 Å². The molecule has 1 atom stereocenters. The Morgan fingerprint density at radius 1 is 1.27 bits per heavy atom. The maximum atomic E-state index is 12.0. The maximum Gasteiger partial charge on any atom is 0.347 e. The molecule has 0 radical (unpaired) electrons. The number of aromatic nitrogens is 2. The third-order valence-electron chi connectivity index (χ3n) is 3.79. The first-order chi connectivity index (χ1) is 12.4.